The van der Waals surface area contributed by atoms with Gasteiger partial charge in [-0.2, -0.15) is 0 Å². The van der Waals surface area contributed by atoms with Gasteiger partial charge in [0.25, 0.3) is 5.91 Å². The lowest BCUT2D eigenvalue weighted by Gasteiger charge is -2.25. The second kappa shape index (κ2) is 6.18. The van der Waals surface area contributed by atoms with Crippen molar-refractivity contribution in [2.45, 2.75) is 13.0 Å². The fourth-order valence-corrected chi connectivity index (χ4v) is 2.34. The van der Waals surface area contributed by atoms with Crippen LogP contribution in [0.25, 0.3) is 0 Å². The third kappa shape index (κ3) is 3.07. The molecular formula is C16H15BrFNO. The zero-order chi connectivity index (χ0) is 14.7. The lowest BCUT2D eigenvalue weighted by molar-refractivity contribution is 0.0738. The van der Waals surface area contributed by atoms with Gasteiger partial charge in [0, 0.05) is 11.5 Å². The average molecular weight is 336 g/mol. The fraction of sp³-hybridized carbons (Fsp3) is 0.188. The Kier molecular flexibility index (Phi) is 4.55. The van der Waals surface area contributed by atoms with E-state index < -0.39 is 5.82 Å². The summed E-state index contributed by atoms with van der Waals surface area (Å²) < 4.78 is 14.5. The zero-order valence-electron chi connectivity index (χ0n) is 11.3. The number of halogens is 2. The Bertz CT molecular complexity index is 615. The molecule has 0 heterocycles. The van der Waals surface area contributed by atoms with Gasteiger partial charge in [0.05, 0.1) is 11.6 Å². The molecule has 0 spiro atoms. The van der Waals surface area contributed by atoms with Crippen LogP contribution in [0.4, 0.5) is 4.39 Å². The van der Waals surface area contributed by atoms with Gasteiger partial charge in [-0.1, -0.05) is 46.3 Å². The summed E-state index contributed by atoms with van der Waals surface area (Å²) >= 11 is 3.26. The summed E-state index contributed by atoms with van der Waals surface area (Å²) in [6.07, 6.45) is 0. The van der Waals surface area contributed by atoms with Gasteiger partial charge in [0.15, 0.2) is 0 Å². The smallest absolute Gasteiger partial charge is 0.257 e. The van der Waals surface area contributed by atoms with Gasteiger partial charge in [-0.15, -0.1) is 0 Å². The van der Waals surface area contributed by atoms with Gasteiger partial charge in [-0.05, 0) is 30.7 Å². The highest BCUT2D eigenvalue weighted by Gasteiger charge is 2.21. The maximum Gasteiger partial charge on any atom is 0.257 e. The molecule has 4 heteroatoms. The molecule has 1 unspecified atom stereocenters. The number of carbonyl (C=O) groups excluding carboxylic acids is 1. The van der Waals surface area contributed by atoms with Gasteiger partial charge in [0.1, 0.15) is 5.82 Å². The SMILES string of the molecule is CC(c1ccccc1)N(C)C(=O)c1cc(Br)ccc1F. The maximum atomic E-state index is 13.8. The lowest BCUT2D eigenvalue weighted by Crippen LogP contribution is -2.30. The lowest BCUT2D eigenvalue weighted by atomic mass is 10.1. The van der Waals surface area contributed by atoms with Crippen LogP contribution in [0.3, 0.4) is 0 Å². The Hall–Kier alpha value is -1.68. The number of nitrogens with zero attached hydrogens (tertiary/aromatic N) is 1. The highest BCUT2D eigenvalue weighted by molar-refractivity contribution is 9.10. The number of carbonyl (C=O) groups is 1. The van der Waals surface area contributed by atoms with Crippen molar-refractivity contribution in [3.05, 3.63) is 69.9 Å². The molecule has 0 bridgehead atoms. The van der Waals surface area contributed by atoms with Crippen molar-refractivity contribution in [2.75, 3.05) is 7.05 Å². The Morgan fingerprint density at radius 2 is 1.85 bits per heavy atom. The number of hydrogen-bond donors (Lipinski definition) is 0. The quantitative estimate of drug-likeness (QED) is 0.812. The molecule has 0 aliphatic heterocycles. The number of rotatable bonds is 3. The summed E-state index contributed by atoms with van der Waals surface area (Å²) in [4.78, 5) is 13.9. The Balaban J connectivity index is 2.27. The Morgan fingerprint density at radius 3 is 2.50 bits per heavy atom. The summed E-state index contributed by atoms with van der Waals surface area (Å²) in [7, 11) is 1.68. The minimum atomic E-state index is -0.509. The monoisotopic (exact) mass is 335 g/mol. The number of benzene rings is 2. The molecule has 0 aromatic heterocycles. The highest BCUT2D eigenvalue weighted by Crippen LogP contribution is 2.23. The molecule has 2 rings (SSSR count). The van der Waals surface area contributed by atoms with Crippen LogP contribution in [0.5, 0.6) is 0 Å². The van der Waals surface area contributed by atoms with Crippen LogP contribution in [-0.2, 0) is 0 Å². The Labute approximate surface area is 126 Å². The van der Waals surface area contributed by atoms with Crippen molar-refractivity contribution in [3.8, 4) is 0 Å². The third-order valence-electron chi connectivity index (χ3n) is 3.34. The van der Waals surface area contributed by atoms with Gasteiger partial charge in [0.2, 0.25) is 0 Å². The fourth-order valence-electron chi connectivity index (χ4n) is 1.98. The second-order valence-corrected chi connectivity index (χ2v) is 5.54. The molecule has 0 saturated carbocycles. The molecule has 0 aliphatic carbocycles. The van der Waals surface area contributed by atoms with Crippen LogP contribution < -0.4 is 0 Å². The molecule has 2 aromatic rings. The molecular weight excluding hydrogens is 321 g/mol. The predicted octanol–water partition coefficient (Wildman–Crippen LogP) is 4.42. The summed E-state index contributed by atoms with van der Waals surface area (Å²) in [5.74, 6) is -0.842. The summed E-state index contributed by atoms with van der Waals surface area (Å²) in [5, 5.41) is 0. The highest BCUT2D eigenvalue weighted by atomic mass is 79.9. The summed E-state index contributed by atoms with van der Waals surface area (Å²) in [6, 6.07) is 13.9. The van der Waals surface area contributed by atoms with E-state index in [-0.39, 0.29) is 17.5 Å². The van der Waals surface area contributed by atoms with E-state index in [1.807, 2.05) is 37.3 Å². The predicted molar refractivity (Wildman–Crippen MR) is 81.1 cm³/mol. The van der Waals surface area contributed by atoms with Crippen molar-refractivity contribution in [2.24, 2.45) is 0 Å². The van der Waals surface area contributed by atoms with E-state index in [4.69, 9.17) is 0 Å². The summed E-state index contributed by atoms with van der Waals surface area (Å²) in [5.41, 5.74) is 1.09. The van der Waals surface area contributed by atoms with Crippen LogP contribution in [-0.4, -0.2) is 17.9 Å². The average Bonchev–Trinajstić information content (AvgIpc) is 2.48. The number of amides is 1. The van der Waals surface area contributed by atoms with Crippen LogP contribution >= 0.6 is 15.9 Å². The standard InChI is InChI=1S/C16H15BrFNO/c1-11(12-6-4-3-5-7-12)19(2)16(20)14-10-13(17)8-9-15(14)18/h3-11H,1-2H3. The first-order valence-electron chi connectivity index (χ1n) is 6.28. The van der Waals surface area contributed by atoms with Crippen molar-refractivity contribution < 1.29 is 9.18 Å². The molecule has 1 atom stereocenters. The molecule has 0 N–H and O–H groups in total. The topological polar surface area (TPSA) is 20.3 Å². The van der Waals surface area contributed by atoms with Crippen LogP contribution in [0.15, 0.2) is 53.0 Å². The van der Waals surface area contributed by atoms with Crippen LogP contribution in [0, 0.1) is 5.82 Å². The van der Waals surface area contributed by atoms with E-state index in [0.717, 1.165) is 5.56 Å². The number of hydrogen-bond acceptors (Lipinski definition) is 1. The Morgan fingerprint density at radius 1 is 1.20 bits per heavy atom. The molecule has 0 fully saturated rings. The molecule has 20 heavy (non-hydrogen) atoms. The molecule has 2 aromatic carbocycles. The first-order chi connectivity index (χ1) is 9.50. The maximum absolute atomic E-state index is 13.8. The largest absolute Gasteiger partial charge is 0.335 e. The molecule has 0 radical (unpaired) electrons. The molecule has 2 nitrogen and oxygen atoms in total. The van der Waals surface area contributed by atoms with E-state index in [9.17, 15) is 9.18 Å². The van der Waals surface area contributed by atoms with E-state index >= 15 is 0 Å². The van der Waals surface area contributed by atoms with E-state index in [0.29, 0.717) is 4.47 Å². The molecule has 0 saturated heterocycles. The zero-order valence-corrected chi connectivity index (χ0v) is 12.9. The van der Waals surface area contributed by atoms with Crippen LogP contribution in [0.1, 0.15) is 28.9 Å². The normalized spacial score (nSPS) is 12.0. The second-order valence-electron chi connectivity index (χ2n) is 4.63. The van der Waals surface area contributed by atoms with Gasteiger partial charge in [-0.25, -0.2) is 4.39 Å². The van der Waals surface area contributed by atoms with Gasteiger partial charge >= 0.3 is 0 Å². The van der Waals surface area contributed by atoms with Crippen LogP contribution in [0.2, 0.25) is 0 Å². The first-order valence-corrected chi connectivity index (χ1v) is 7.07. The summed E-state index contributed by atoms with van der Waals surface area (Å²) in [6.45, 7) is 1.92. The minimum absolute atomic E-state index is 0.0738. The van der Waals surface area contributed by atoms with E-state index in [1.165, 1.54) is 12.1 Å². The van der Waals surface area contributed by atoms with Gasteiger partial charge in [-0.3, -0.25) is 4.79 Å². The van der Waals surface area contributed by atoms with Crippen molar-refractivity contribution in [1.82, 2.24) is 4.90 Å². The van der Waals surface area contributed by atoms with E-state index in [2.05, 4.69) is 15.9 Å². The van der Waals surface area contributed by atoms with Crippen molar-refractivity contribution >= 4 is 21.8 Å². The molecule has 0 aliphatic rings. The van der Waals surface area contributed by atoms with Gasteiger partial charge < -0.3 is 4.90 Å². The molecule has 1 amide bonds. The third-order valence-corrected chi connectivity index (χ3v) is 3.84. The molecule has 104 valence electrons. The minimum Gasteiger partial charge on any atom is -0.335 e. The van der Waals surface area contributed by atoms with Crippen molar-refractivity contribution in [1.29, 1.82) is 0 Å². The van der Waals surface area contributed by atoms with Crippen molar-refractivity contribution in [3.63, 3.8) is 0 Å². The van der Waals surface area contributed by atoms with E-state index in [1.54, 1.807) is 18.0 Å². The first kappa shape index (κ1) is 14.7.